The van der Waals surface area contributed by atoms with Crippen LogP contribution in [0.5, 0.6) is 0 Å². The van der Waals surface area contributed by atoms with Gasteiger partial charge in [0.2, 0.25) is 5.91 Å². The molecule has 2 aliphatic heterocycles. The third-order valence-corrected chi connectivity index (χ3v) is 6.16. The average molecular weight is 390 g/mol. The van der Waals surface area contributed by atoms with Crippen LogP contribution in [0.3, 0.4) is 0 Å². The number of halogens is 1. The molecule has 0 saturated carbocycles. The number of anilines is 1. The predicted molar refractivity (Wildman–Crippen MR) is 106 cm³/mol. The van der Waals surface area contributed by atoms with E-state index in [2.05, 4.69) is 0 Å². The topological polar surface area (TPSA) is 59.1 Å². The third-order valence-electron chi connectivity index (χ3n) is 6.16. The molecule has 0 aliphatic carbocycles. The van der Waals surface area contributed by atoms with E-state index in [1.165, 1.54) is 22.8 Å². The first-order valence-electron chi connectivity index (χ1n) is 9.53. The van der Waals surface area contributed by atoms with E-state index in [9.17, 15) is 14.0 Å². The van der Waals surface area contributed by atoms with Crippen LogP contribution < -0.4 is 10.4 Å². The minimum absolute atomic E-state index is 0.175. The summed E-state index contributed by atoms with van der Waals surface area (Å²) in [7, 11) is -0.647. The summed E-state index contributed by atoms with van der Waals surface area (Å²) >= 11 is 0. The van der Waals surface area contributed by atoms with E-state index in [1.54, 1.807) is 26.0 Å². The van der Waals surface area contributed by atoms with Gasteiger partial charge in [0.25, 0.3) is 5.91 Å². The normalized spacial score (nSPS) is 23.3. The molecule has 1 aromatic carbocycles. The molecule has 0 N–H and O–H groups in total. The molecule has 3 rings (SSSR count). The molecule has 0 radical (unpaired) electrons. The first-order valence-corrected chi connectivity index (χ1v) is 9.53. The van der Waals surface area contributed by atoms with Crippen LogP contribution in [0.4, 0.5) is 10.1 Å². The van der Waals surface area contributed by atoms with Gasteiger partial charge in [-0.25, -0.2) is 4.39 Å². The smallest absolute Gasteiger partial charge is 0.399 e. The molecule has 2 saturated heterocycles. The molecular formula is C20H28BFN2O4. The highest BCUT2D eigenvalue weighted by Gasteiger charge is 2.52. The number of benzene rings is 1. The molecule has 2 amide bonds. The van der Waals surface area contributed by atoms with Gasteiger partial charge < -0.3 is 19.1 Å². The van der Waals surface area contributed by atoms with Crippen molar-refractivity contribution in [1.29, 1.82) is 0 Å². The fourth-order valence-electron chi connectivity index (χ4n) is 3.67. The second-order valence-corrected chi connectivity index (χ2v) is 8.99. The molecule has 8 heteroatoms. The minimum Gasteiger partial charge on any atom is -0.399 e. The van der Waals surface area contributed by atoms with Gasteiger partial charge in [-0.3, -0.25) is 9.59 Å². The van der Waals surface area contributed by atoms with Crippen LogP contribution in [0.2, 0.25) is 0 Å². The lowest BCUT2D eigenvalue weighted by atomic mass is 9.78. The number of amides is 2. The molecule has 2 heterocycles. The van der Waals surface area contributed by atoms with Crippen molar-refractivity contribution in [2.45, 2.75) is 65.2 Å². The Kier molecular flexibility index (Phi) is 4.87. The van der Waals surface area contributed by atoms with Crippen molar-refractivity contribution in [3.63, 3.8) is 0 Å². The highest BCUT2D eigenvalue weighted by molar-refractivity contribution is 6.62. The van der Waals surface area contributed by atoms with Crippen LogP contribution in [0.15, 0.2) is 18.2 Å². The number of piperazine rings is 1. The minimum atomic E-state index is -1.04. The van der Waals surface area contributed by atoms with Crippen molar-refractivity contribution < 1.29 is 23.3 Å². The van der Waals surface area contributed by atoms with E-state index in [-0.39, 0.29) is 24.0 Å². The van der Waals surface area contributed by atoms with E-state index >= 15 is 0 Å². The van der Waals surface area contributed by atoms with Gasteiger partial charge in [-0.05, 0) is 59.1 Å². The Morgan fingerprint density at radius 3 is 2.18 bits per heavy atom. The fourth-order valence-corrected chi connectivity index (χ4v) is 3.67. The predicted octanol–water partition coefficient (Wildman–Crippen LogP) is 2.10. The van der Waals surface area contributed by atoms with Gasteiger partial charge in [-0.15, -0.1) is 0 Å². The van der Waals surface area contributed by atoms with Crippen LogP contribution in [-0.2, 0) is 18.9 Å². The number of hydrogen-bond acceptors (Lipinski definition) is 4. The lowest BCUT2D eigenvalue weighted by Crippen LogP contribution is -2.64. The lowest BCUT2D eigenvalue weighted by molar-refractivity contribution is -0.145. The van der Waals surface area contributed by atoms with Crippen molar-refractivity contribution >= 4 is 30.1 Å². The molecule has 0 spiro atoms. The van der Waals surface area contributed by atoms with E-state index in [0.717, 1.165) is 0 Å². The summed E-state index contributed by atoms with van der Waals surface area (Å²) in [5, 5.41) is 0. The summed E-state index contributed by atoms with van der Waals surface area (Å²) in [6.45, 7) is 13.2. The van der Waals surface area contributed by atoms with Crippen LogP contribution in [0.25, 0.3) is 0 Å². The van der Waals surface area contributed by atoms with Gasteiger partial charge in [0.1, 0.15) is 11.4 Å². The first-order chi connectivity index (χ1) is 12.8. The molecule has 2 fully saturated rings. The second kappa shape index (κ2) is 6.56. The first kappa shape index (κ1) is 20.8. The number of carbonyl (C=O) groups excluding carboxylic acids is 2. The van der Waals surface area contributed by atoms with Crippen molar-refractivity contribution in [2.24, 2.45) is 0 Å². The highest BCUT2D eigenvalue weighted by atomic mass is 19.1. The number of carbonyl (C=O) groups is 2. The Bertz CT molecular complexity index is 808. The van der Waals surface area contributed by atoms with E-state index in [1.807, 2.05) is 27.7 Å². The van der Waals surface area contributed by atoms with Crippen LogP contribution in [0, 0.1) is 5.82 Å². The van der Waals surface area contributed by atoms with Gasteiger partial charge in [-0.2, -0.15) is 0 Å². The largest absolute Gasteiger partial charge is 0.494 e. The van der Waals surface area contributed by atoms with Crippen molar-refractivity contribution in [1.82, 2.24) is 4.90 Å². The Morgan fingerprint density at radius 2 is 1.64 bits per heavy atom. The molecule has 1 aromatic rings. The molecule has 28 heavy (non-hydrogen) atoms. The maximum absolute atomic E-state index is 14.7. The van der Waals surface area contributed by atoms with Gasteiger partial charge in [0.05, 0.1) is 16.9 Å². The van der Waals surface area contributed by atoms with Gasteiger partial charge >= 0.3 is 7.12 Å². The van der Waals surface area contributed by atoms with Gasteiger partial charge in [0, 0.05) is 20.0 Å². The van der Waals surface area contributed by atoms with Gasteiger partial charge in [0.15, 0.2) is 0 Å². The molecule has 0 aromatic heterocycles. The van der Waals surface area contributed by atoms with Crippen LogP contribution in [0.1, 0.15) is 48.5 Å². The summed E-state index contributed by atoms with van der Waals surface area (Å²) in [5.41, 5.74) is -1.26. The maximum atomic E-state index is 14.7. The average Bonchev–Trinajstić information content (AvgIpc) is 2.78. The quantitative estimate of drug-likeness (QED) is 0.726. The summed E-state index contributed by atoms with van der Waals surface area (Å²) in [5.74, 6) is -0.996. The molecule has 2 aliphatic rings. The molecule has 0 atom stereocenters. The summed E-state index contributed by atoms with van der Waals surface area (Å²) in [6, 6.07) is 4.55. The molecule has 6 nitrogen and oxygen atoms in total. The molecule has 0 unspecified atom stereocenters. The molecular weight excluding hydrogens is 362 g/mol. The highest BCUT2D eigenvalue weighted by Crippen LogP contribution is 2.37. The third kappa shape index (κ3) is 3.22. The standard InChI is InChI=1S/C20H28BFN2O4/c1-13(25)24-11-10-23(17(26)18(24,2)3)16-12-14(8-9-15(16)22)21-27-19(4,5)20(6,7)28-21/h8-9,12H,10-11H2,1-7H3. The maximum Gasteiger partial charge on any atom is 0.494 e. The fraction of sp³-hybridized carbons (Fsp3) is 0.600. The summed E-state index contributed by atoms with van der Waals surface area (Å²) in [4.78, 5) is 27.8. The number of rotatable bonds is 2. The van der Waals surface area contributed by atoms with Crippen molar-refractivity contribution in [2.75, 3.05) is 18.0 Å². The van der Waals surface area contributed by atoms with E-state index in [4.69, 9.17) is 9.31 Å². The van der Waals surface area contributed by atoms with Crippen LogP contribution >= 0.6 is 0 Å². The molecule has 0 bridgehead atoms. The zero-order chi connectivity index (χ0) is 21.1. The Labute approximate surface area is 166 Å². The molecule has 152 valence electrons. The Morgan fingerprint density at radius 1 is 1.07 bits per heavy atom. The van der Waals surface area contributed by atoms with Crippen molar-refractivity contribution in [3.8, 4) is 0 Å². The zero-order valence-electron chi connectivity index (χ0n) is 17.6. The van der Waals surface area contributed by atoms with Gasteiger partial charge in [-0.1, -0.05) is 6.07 Å². The van der Waals surface area contributed by atoms with Crippen molar-refractivity contribution in [3.05, 3.63) is 24.0 Å². The lowest BCUT2D eigenvalue weighted by Gasteiger charge is -2.45. The SMILES string of the molecule is CC(=O)N1CCN(c2cc(B3OC(C)(C)C(C)(C)O3)ccc2F)C(=O)C1(C)C. The van der Waals surface area contributed by atoms with E-state index in [0.29, 0.717) is 12.0 Å². The summed E-state index contributed by atoms with van der Waals surface area (Å²) in [6.07, 6.45) is 0. The zero-order valence-corrected chi connectivity index (χ0v) is 17.6. The monoisotopic (exact) mass is 390 g/mol. The number of hydrogen-bond donors (Lipinski definition) is 0. The van der Waals surface area contributed by atoms with E-state index < -0.39 is 29.7 Å². The van der Waals surface area contributed by atoms with Crippen LogP contribution in [-0.4, -0.2) is 53.7 Å². The number of nitrogens with zero attached hydrogens (tertiary/aromatic N) is 2. The Balaban J connectivity index is 1.93. The summed E-state index contributed by atoms with van der Waals surface area (Å²) < 4.78 is 26.8. The second-order valence-electron chi connectivity index (χ2n) is 8.99. The Hall–Kier alpha value is -1.93.